The van der Waals surface area contributed by atoms with Gasteiger partial charge >= 0.3 is 0 Å². The van der Waals surface area contributed by atoms with E-state index in [-0.39, 0.29) is 6.61 Å². The van der Waals surface area contributed by atoms with Crippen LogP contribution in [0.1, 0.15) is 29.9 Å². The van der Waals surface area contributed by atoms with Crippen molar-refractivity contribution in [1.29, 1.82) is 0 Å². The van der Waals surface area contributed by atoms with Gasteiger partial charge in [-0.1, -0.05) is 29.8 Å². The Balaban J connectivity index is 1.75. The van der Waals surface area contributed by atoms with E-state index in [0.29, 0.717) is 18.5 Å². The third-order valence-electron chi connectivity index (χ3n) is 3.50. The van der Waals surface area contributed by atoms with E-state index in [4.69, 9.17) is 5.11 Å². The number of aliphatic hydroxyl groups is 2. The monoisotopic (exact) mass is 235 g/mol. The number of aliphatic hydroxyl groups excluding tert-OH is 2. The van der Waals surface area contributed by atoms with E-state index in [1.165, 1.54) is 11.1 Å². The van der Waals surface area contributed by atoms with Crippen molar-refractivity contribution >= 4 is 0 Å². The lowest BCUT2D eigenvalue weighted by molar-refractivity contribution is 0.0872. The molecule has 1 unspecified atom stereocenters. The molecule has 1 fully saturated rings. The number of benzene rings is 1. The summed E-state index contributed by atoms with van der Waals surface area (Å²) in [7, 11) is 0. The Morgan fingerprint density at radius 2 is 2.18 bits per heavy atom. The Labute approximate surface area is 102 Å². The van der Waals surface area contributed by atoms with Gasteiger partial charge in [-0.15, -0.1) is 0 Å². The van der Waals surface area contributed by atoms with Gasteiger partial charge in [0.1, 0.15) is 0 Å². The summed E-state index contributed by atoms with van der Waals surface area (Å²) in [6.07, 6.45) is 1.62. The molecule has 0 radical (unpaired) electrons. The van der Waals surface area contributed by atoms with Crippen molar-refractivity contribution < 1.29 is 10.2 Å². The maximum Gasteiger partial charge on any atom is 0.0895 e. The first kappa shape index (κ1) is 12.6. The SMILES string of the molecule is Cc1cccc(C2CC(NCC(O)CO)C2)c1. The van der Waals surface area contributed by atoms with Gasteiger partial charge in [0, 0.05) is 12.6 Å². The van der Waals surface area contributed by atoms with Crippen LogP contribution in [0.5, 0.6) is 0 Å². The molecular formula is C14H21NO2. The van der Waals surface area contributed by atoms with E-state index in [1.807, 2.05) is 0 Å². The highest BCUT2D eigenvalue weighted by molar-refractivity contribution is 5.27. The highest BCUT2D eigenvalue weighted by Gasteiger charge is 2.30. The van der Waals surface area contributed by atoms with Gasteiger partial charge in [0.25, 0.3) is 0 Å². The maximum atomic E-state index is 9.23. The average molecular weight is 235 g/mol. The molecule has 0 bridgehead atoms. The smallest absolute Gasteiger partial charge is 0.0895 e. The van der Waals surface area contributed by atoms with Crippen LogP contribution in [0, 0.1) is 6.92 Å². The minimum absolute atomic E-state index is 0.166. The average Bonchev–Trinajstić information content (AvgIpc) is 2.26. The van der Waals surface area contributed by atoms with Crippen molar-refractivity contribution in [1.82, 2.24) is 5.32 Å². The first-order valence-electron chi connectivity index (χ1n) is 6.28. The fourth-order valence-electron chi connectivity index (χ4n) is 2.35. The van der Waals surface area contributed by atoms with E-state index in [0.717, 1.165) is 12.8 Å². The molecule has 3 heteroatoms. The number of rotatable bonds is 5. The highest BCUT2D eigenvalue weighted by atomic mass is 16.3. The van der Waals surface area contributed by atoms with Crippen LogP contribution >= 0.6 is 0 Å². The van der Waals surface area contributed by atoms with E-state index in [1.54, 1.807) is 0 Å². The Morgan fingerprint density at radius 1 is 1.41 bits per heavy atom. The summed E-state index contributed by atoms with van der Waals surface area (Å²) in [5.74, 6) is 0.652. The van der Waals surface area contributed by atoms with E-state index in [2.05, 4.69) is 36.5 Å². The Morgan fingerprint density at radius 3 is 2.82 bits per heavy atom. The molecule has 0 aromatic heterocycles. The zero-order valence-corrected chi connectivity index (χ0v) is 10.3. The van der Waals surface area contributed by atoms with Gasteiger partial charge in [-0.25, -0.2) is 0 Å². The lowest BCUT2D eigenvalue weighted by atomic mass is 9.75. The zero-order valence-electron chi connectivity index (χ0n) is 10.3. The predicted octanol–water partition coefficient (Wildman–Crippen LogP) is 1.18. The second-order valence-corrected chi connectivity index (χ2v) is 5.02. The van der Waals surface area contributed by atoms with E-state index < -0.39 is 6.10 Å². The van der Waals surface area contributed by atoms with Gasteiger partial charge in [0.05, 0.1) is 12.7 Å². The van der Waals surface area contributed by atoms with E-state index in [9.17, 15) is 5.11 Å². The van der Waals surface area contributed by atoms with Crippen LogP contribution in [0.25, 0.3) is 0 Å². The van der Waals surface area contributed by atoms with Gasteiger partial charge in [0.15, 0.2) is 0 Å². The van der Waals surface area contributed by atoms with Crippen LogP contribution in [-0.4, -0.2) is 35.5 Å². The molecule has 94 valence electrons. The number of hydrogen-bond donors (Lipinski definition) is 3. The largest absolute Gasteiger partial charge is 0.394 e. The predicted molar refractivity (Wildman–Crippen MR) is 68.0 cm³/mol. The minimum atomic E-state index is -0.631. The van der Waals surface area contributed by atoms with Gasteiger partial charge in [-0.3, -0.25) is 0 Å². The zero-order chi connectivity index (χ0) is 12.3. The van der Waals surface area contributed by atoms with Crippen molar-refractivity contribution in [2.45, 2.75) is 37.8 Å². The number of hydrogen-bond acceptors (Lipinski definition) is 3. The van der Waals surface area contributed by atoms with Gasteiger partial charge in [-0.05, 0) is 31.2 Å². The molecule has 3 N–H and O–H groups in total. The highest BCUT2D eigenvalue weighted by Crippen LogP contribution is 2.36. The maximum absolute atomic E-state index is 9.23. The molecule has 1 aromatic rings. The molecule has 1 aromatic carbocycles. The summed E-state index contributed by atoms with van der Waals surface area (Å²) in [5, 5.41) is 21.2. The molecule has 1 atom stereocenters. The first-order chi connectivity index (χ1) is 8.19. The lowest BCUT2D eigenvalue weighted by Gasteiger charge is -2.37. The molecule has 3 nitrogen and oxygen atoms in total. The second kappa shape index (κ2) is 5.63. The molecule has 17 heavy (non-hydrogen) atoms. The molecule has 1 saturated carbocycles. The van der Waals surface area contributed by atoms with Crippen molar-refractivity contribution in [3.8, 4) is 0 Å². The quantitative estimate of drug-likeness (QED) is 0.718. The summed E-state index contributed by atoms with van der Waals surface area (Å²) < 4.78 is 0. The minimum Gasteiger partial charge on any atom is -0.394 e. The fourth-order valence-corrected chi connectivity index (χ4v) is 2.35. The number of aryl methyl sites for hydroxylation is 1. The van der Waals surface area contributed by atoms with Crippen molar-refractivity contribution in [2.75, 3.05) is 13.2 Å². The Hall–Kier alpha value is -0.900. The van der Waals surface area contributed by atoms with Crippen LogP contribution in [0.2, 0.25) is 0 Å². The van der Waals surface area contributed by atoms with Crippen molar-refractivity contribution in [3.05, 3.63) is 35.4 Å². The third kappa shape index (κ3) is 3.28. The van der Waals surface area contributed by atoms with Gasteiger partial charge in [0.2, 0.25) is 0 Å². The molecule has 1 aliphatic carbocycles. The standard InChI is InChI=1S/C14H21NO2/c1-10-3-2-4-11(5-10)12-6-13(7-12)15-8-14(17)9-16/h2-5,12-17H,6-9H2,1H3. The summed E-state index contributed by atoms with van der Waals surface area (Å²) >= 11 is 0. The molecule has 0 spiro atoms. The summed E-state index contributed by atoms with van der Waals surface area (Å²) in [5.41, 5.74) is 2.74. The van der Waals surface area contributed by atoms with Crippen molar-refractivity contribution in [3.63, 3.8) is 0 Å². The summed E-state index contributed by atoms with van der Waals surface area (Å²) in [6, 6.07) is 9.16. The van der Waals surface area contributed by atoms with Crippen LogP contribution in [0.15, 0.2) is 24.3 Å². The van der Waals surface area contributed by atoms with Crippen LogP contribution < -0.4 is 5.32 Å². The van der Waals surface area contributed by atoms with Crippen LogP contribution in [-0.2, 0) is 0 Å². The topological polar surface area (TPSA) is 52.5 Å². The number of nitrogens with one attached hydrogen (secondary N) is 1. The molecule has 2 rings (SSSR count). The summed E-state index contributed by atoms with van der Waals surface area (Å²) in [4.78, 5) is 0. The van der Waals surface area contributed by atoms with Crippen molar-refractivity contribution in [2.24, 2.45) is 0 Å². The first-order valence-corrected chi connectivity index (χ1v) is 6.28. The molecule has 0 aliphatic heterocycles. The molecule has 0 heterocycles. The van der Waals surface area contributed by atoms with Crippen LogP contribution in [0.3, 0.4) is 0 Å². The van der Waals surface area contributed by atoms with Gasteiger partial charge in [-0.2, -0.15) is 0 Å². The molecule has 0 saturated heterocycles. The fraction of sp³-hybridized carbons (Fsp3) is 0.571. The van der Waals surface area contributed by atoms with Crippen LogP contribution in [0.4, 0.5) is 0 Å². The summed E-state index contributed by atoms with van der Waals surface area (Å²) in [6.45, 7) is 2.44. The Bertz CT molecular complexity index is 361. The third-order valence-corrected chi connectivity index (χ3v) is 3.50. The second-order valence-electron chi connectivity index (χ2n) is 5.02. The molecule has 1 aliphatic rings. The molecular weight excluding hydrogens is 214 g/mol. The van der Waals surface area contributed by atoms with E-state index >= 15 is 0 Å². The normalized spacial score (nSPS) is 25.4. The lowest BCUT2D eigenvalue weighted by Crippen LogP contribution is -2.44. The van der Waals surface area contributed by atoms with Gasteiger partial charge < -0.3 is 15.5 Å². The molecule has 0 amide bonds. The Kier molecular flexibility index (Phi) is 4.15.